The number of amides is 2. The summed E-state index contributed by atoms with van der Waals surface area (Å²) in [6.07, 6.45) is -2.58. The van der Waals surface area contributed by atoms with E-state index in [1.165, 1.54) is 12.1 Å². The highest BCUT2D eigenvalue weighted by atomic mass is 19.4. The van der Waals surface area contributed by atoms with Crippen molar-refractivity contribution in [3.63, 3.8) is 0 Å². The van der Waals surface area contributed by atoms with Crippen molar-refractivity contribution in [2.45, 2.75) is 25.1 Å². The van der Waals surface area contributed by atoms with Crippen LogP contribution < -0.4 is 16.0 Å². The Bertz CT molecular complexity index is 470. The molecular weight excluding hydrogens is 271 g/mol. The third-order valence-electron chi connectivity index (χ3n) is 3.08. The van der Waals surface area contributed by atoms with Crippen molar-refractivity contribution < 1.29 is 18.0 Å². The summed E-state index contributed by atoms with van der Waals surface area (Å²) in [4.78, 5) is 11.7. The summed E-state index contributed by atoms with van der Waals surface area (Å²) in [6.45, 7) is 1.60. The summed E-state index contributed by atoms with van der Waals surface area (Å²) in [5, 5.41) is 8.30. The van der Waals surface area contributed by atoms with Crippen LogP contribution in [0.25, 0.3) is 0 Å². The minimum atomic E-state index is -4.42. The molecule has 110 valence electrons. The molecule has 0 unspecified atom stereocenters. The molecule has 2 amide bonds. The summed E-state index contributed by atoms with van der Waals surface area (Å²) >= 11 is 0. The molecule has 0 saturated carbocycles. The van der Waals surface area contributed by atoms with E-state index < -0.39 is 17.8 Å². The first-order valence-electron chi connectivity index (χ1n) is 6.40. The van der Waals surface area contributed by atoms with Crippen molar-refractivity contribution >= 4 is 11.7 Å². The molecule has 1 heterocycles. The van der Waals surface area contributed by atoms with Gasteiger partial charge < -0.3 is 16.0 Å². The molecule has 3 N–H and O–H groups in total. The van der Waals surface area contributed by atoms with E-state index in [2.05, 4.69) is 16.0 Å². The number of alkyl halides is 3. The number of nitrogens with one attached hydrogen (secondary N) is 3. The third-order valence-corrected chi connectivity index (χ3v) is 3.08. The molecule has 1 aromatic rings. The normalized spacial score (nSPS) is 19.4. The van der Waals surface area contributed by atoms with E-state index in [0.29, 0.717) is 6.54 Å². The lowest BCUT2D eigenvalue weighted by Crippen LogP contribution is -2.47. The summed E-state index contributed by atoms with van der Waals surface area (Å²) in [5.74, 6) is 0. The predicted molar refractivity (Wildman–Crippen MR) is 69.5 cm³/mol. The van der Waals surface area contributed by atoms with Crippen LogP contribution in [0.15, 0.2) is 24.3 Å². The number of carbonyl (C=O) groups excluding carboxylic acids is 1. The molecule has 0 aromatic heterocycles. The van der Waals surface area contributed by atoms with Gasteiger partial charge in [0.2, 0.25) is 0 Å². The van der Waals surface area contributed by atoms with Crippen molar-refractivity contribution in [3.05, 3.63) is 29.8 Å². The first-order valence-corrected chi connectivity index (χ1v) is 6.40. The molecule has 1 aromatic carbocycles. The first-order chi connectivity index (χ1) is 9.45. The summed E-state index contributed by atoms with van der Waals surface area (Å²) in [5.41, 5.74) is -0.657. The summed E-state index contributed by atoms with van der Waals surface area (Å²) in [6, 6.07) is 4.09. The van der Waals surface area contributed by atoms with Gasteiger partial charge in [-0.05, 0) is 37.6 Å². The fourth-order valence-corrected chi connectivity index (χ4v) is 2.10. The Balaban J connectivity index is 1.93. The second-order valence-electron chi connectivity index (χ2n) is 4.72. The number of piperidine rings is 1. The van der Waals surface area contributed by atoms with Gasteiger partial charge in [-0.3, -0.25) is 0 Å². The molecule has 20 heavy (non-hydrogen) atoms. The molecule has 0 aliphatic carbocycles. The molecule has 1 aliphatic rings. The molecule has 1 atom stereocenters. The van der Waals surface area contributed by atoms with Crippen molar-refractivity contribution in [2.75, 3.05) is 18.4 Å². The van der Waals surface area contributed by atoms with Crippen LogP contribution in [-0.4, -0.2) is 25.2 Å². The van der Waals surface area contributed by atoms with E-state index in [9.17, 15) is 18.0 Å². The van der Waals surface area contributed by atoms with Gasteiger partial charge in [-0.1, -0.05) is 6.07 Å². The molecule has 7 heteroatoms. The summed E-state index contributed by atoms with van der Waals surface area (Å²) in [7, 11) is 0. The van der Waals surface area contributed by atoms with Crippen LogP contribution in [0, 0.1) is 0 Å². The lowest BCUT2D eigenvalue weighted by molar-refractivity contribution is -0.137. The maximum atomic E-state index is 12.5. The van der Waals surface area contributed by atoms with E-state index >= 15 is 0 Å². The number of anilines is 1. The van der Waals surface area contributed by atoms with Gasteiger partial charge in [-0.2, -0.15) is 13.2 Å². The van der Waals surface area contributed by atoms with Gasteiger partial charge in [0.15, 0.2) is 0 Å². The second-order valence-corrected chi connectivity index (χ2v) is 4.72. The van der Waals surface area contributed by atoms with Gasteiger partial charge in [0.05, 0.1) is 5.56 Å². The van der Waals surface area contributed by atoms with Crippen LogP contribution in [0.1, 0.15) is 18.4 Å². The van der Waals surface area contributed by atoms with Gasteiger partial charge in [-0.25, -0.2) is 4.79 Å². The minimum Gasteiger partial charge on any atom is -0.334 e. The molecule has 0 spiro atoms. The van der Waals surface area contributed by atoms with Gasteiger partial charge in [0, 0.05) is 18.3 Å². The Morgan fingerprint density at radius 2 is 2.15 bits per heavy atom. The maximum Gasteiger partial charge on any atom is 0.416 e. The van der Waals surface area contributed by atoms with Crippen molar-refractivity contribution in [2.24, 2.45) is 0 Å². The topological polar surface area (TPSA) is 53.2 Å². The molecule has 0 radical (unpaired) electrons. The van der Waals surface area contributed by atoms with Gasteiger partial charge in [0.25, 0.3) is 0 Å². The van der Waals surface area contributed by atoms with Crippen LogP contribution in [0.4, 0.5) is 23.7 Å². The van der Waals surface area contributed by atoms with E-state index in [1.807, 2.05) is 0 Å². The molecule has 4 nitrogen and oxygen atoms in total. The highest BCUT2D eigenvalue weighted by Crippen LogP contribution is 2.30. The summed E-state index contributed by atoms with van der Waals surface area (Å²) < 4.78 is 37.6. The molecule has 2 rings (SSSR count). The van der Waals surface area contributed by atoms with Crippen LogP contribution in [0.3, 0.4) is 0 Å². The third kappa shape index (κ3) is 4.12. The number of carbonyl (C=O) groups is 1. The number of hydrogen-bond acceptors (Lipinski definition) is 2. The molecule has 1 aliphatic heterocycles. The van der Waals surface area contributed by atoms with E-state index in [4.69, 9.17) is 0 Å². The van der Waals surface area contributed by atoms with Crippen molar-refractivity contribution in [1.29, 1.82) is 0 Å². The van der Waals surface area contributed by atoms with Crippen LogP contribution >= 0.6 is 0 Å². The van der Waals surface area contributed by atoms with Crippen LogP contribution in [0.2, 0.25) is 0 Å². The Morgan fingerprint density at radius 1 is 1.35 bits per heavy atom. The highest BCUT2D eigenvalue weighted by molar-refractivity contribution is 5.89. The van der Waals surface area contributed by atoms with Gasteiger partial charge in [-0.15, -0.1) is 0 Å². The largest absolute Gasteiger partial charge is 0.416 e. The average molecular weight is 287 g/mol. The standard InChI is InChI=1S/C13H16F3N3O/c14-13(15,16)9-3-1-4-10(7-9)18-12(20)19-11-5-2-6-17-8-11/h1,3-4,7,11,17H,2,5-6,8H2,(H2,18,19,20)/t11-/m0/s1. The SMILES string of the molecule is O=C(Nc1cccc(C(F)(F)F)c1)N[C@H]1CCCNC1. The Labute approximate surface area is 114 Å². The average Bonchev–Trinajstić information content (AvgIpc) is 2.39. The van der Waals surface area contributed by atoms with Gasteiger partial charge >= 0.3 is 12.2 Å². The Morgan fingerprint density at radius 3 is 2.80 bits per heavy atom. The Kier molecular flexibility index (Phi) is 4.49. The first kappa shape index (κ1) is 14.6. The van der Waals surface area contributed by atoms with E-state index in [-0.39, 0.29) is 11.7 Å². The number of benzene rings is 1. The fourth-order valence-electron chi connectivity index (χ4n) is 2.10. The zero-order chi connectivity index (χ0) is 14.6. The van der Waals surface area contributed by atoms with Crippen LogP contribution in [0.5, 0.6) is 0 Å². The van der Waals surface area contributed by atoms with Crippen molar-refractivity contribution in [1.82, 2.24) is 10.6 Å². The zero-order valence-corrected chi connectivity index (χ0v) is 10.8. The lowest BCUT2D eigenvalue weighted by Gasteiger charge is -2.23. The van der Waals surface area contributed by atoms with Gasteiger partial charge in [0.1, 0.15) is 0 Å². The Hall–Kier alpha value is -1.76. The fraction of sp³-hybridized carbons (Fsp3) is 0.462. The highest BCUT2D eigenvalue weighted by Gasteiger charge is 2.30. The molecule has 1 fully saturated rings. The predicted octanol–water partition coefficient (Wildman–Crippen LogP) is 2.58. The number of hydrogen-bond donors (Lipinski definition) is 3. The van der Waals surface area contributed by atoms with Crippen LogP contribution in [-0.2, 0) is 6.18 Å². The molecular formula is C13H16F3N3O. The monoisotopic (exact) mass is 287 g/mol. The number of halogens is 3. The second kappa shape index (κ2) is 6.13. The maximum absolute atomic E-state index is 12.5. The molecule has 1 saturated heterocycles. The number of rotatable bonds is 2. The van der Waals surface area contributed by atoms with E-state index in [1.54, 1.807) is 0 Å². The van der Waals surface area contributed by atoms with Crippen molar-refractivity contribution in [3.8, 4) is 0 Å². The smallest absolute Gasteiger partial charge is 0.334 e. The minimum absolute atomic E-state index is 0.00884. The number of urea groups is 1. The van der Waals surface area contributed by atoms with E-state index in [0.717, 1.165) is 31.5 Å². The molecule has 0 bridgehead atoms. The quantitative estimate of drug-likeness (QED) is 0.783. The lowest BCUT2D eigenvalue weighted by atomic mass is 10.1. The zero-order valence-electron chi connectivity index (χ0n) is 10.8.